The molecule has 2 saturated heterocycles. The monoisotopic (exact) mass is 278 g/mol. The van der Waals surface area contributed by atoms with E-state index in [1.54, 1.807) is 12.1 Å². The Hall–Kier alpha value is -1.79. The predicted octanol–water partition coefficient (Wildman–Crippen LogP) is 0.701. The Morgan fingerprint density at radius 1 is 1.25 bits per heavy atom. The number of hydrogen-bond donors (Lipinski definition) is 1. The highest BCUT2D eigenvalue weighted by Gasteiger charge is 2.46. The number of halogens is 1. The number of likely N-dealkylation sites (tertiary alicyclic amines) is 1. The van der Waals surface area contributed by atoms with Crippen LogP contribution >= 0.6 is 0 Å². The molecule has 2 aliphatic heterocycles. The van der Waals surface area contributed by atoms with Crippen LogP contribution in [0.25, 0.3) is 0 Å². The average molecular weight is 278 g/mol. The van der Waals surface area contributed by atoms with Crippen LogP contribution in [-0.4, -0.2) is 28.9 Å². The molecule has 2 aliphatic rings. The molecule has 2 unspecified atom stereocenters. The fourth-order valence-corrected chi connectivity index (χ4v) is 2.63. The van der Waals surface area contributed by atoms with Crippen LogP contribution in [0.4, 0.5) is 4.39 Å². The first kappa shape index (κ1) is 13.2. The highest BCUT2D eigenvalue weighted by molar-refractivity contribution is 6.02. The molecule has 6 heteroatoms. The summed E-state index contributed by atoms with van der Waals surface area (Å²) in [7, 11) is 0. The lowest BCUT2D eigenvalue weighted by Crippen LogP contribution is -2.51. The van der Waals surface area contributed by atoms with Gasteiger partial charge in [0.25, 0.3) is 11.8 Å². The summed E-state index contributed by atoms with van der Waals surface area (Å²) >= 11 is 0. The number of carbonyl (C=O) groups is 2. The predicted molar refractivity (Wildman–Crippen MR) is 67.7 cm³/mol. The molecule has 0 aliphatic carbocycles. The van der Waals surface area contributed by atoms with Gasteiger partial charge >= 0.3 is 0 Å². The van der Waals surface area contributed by atoms with E-state index in [9.17, 15) is 14.0 Å². The molecule has 2 N–H and O–H groups in total. The topological polar surface area (TPSA) is 72.6 Å². The van der Waals surface area contributed by atoms with Crippen molar-refractivity contribution in [1.29, 1.82) is 0 Å². The van der Waals surface area contributed by atoms with Crippen molar-refractivity contribution in [2.45, 2.75) is 38.1 Å². The van der Waals surface area contributed by atoms with Gasteiger partial charge < -0.3 is 10.5 Å². The van der Waals surface area contributed by atoms with Gasteiger partial charge in [0, 0.05) is 12.1 Å². The lowest BCUT2D eigenvalue weighted by molar-refractivity contribution is -0.169. The highest BCUT2D eigenvalue weighted by atomic mass is 19.1. The van der Waals surface area contributed by atoms with E-state index in [-0.39, 0.29) is 24.9 Å². The van der Waals surface area contributed by atoms with Crippen LogP contribution in [0.1, 0.15) is 24.0 Å². The molecule has 106 valence electrons. The fraction of sp³-hybridized carbons (Fsp3) is 0.429. The van der Waals surface area contributed by atoms with Gasteiger partial charge in [0.2, 0.25) is 0 Å². The van der Waals surface area contributed by atoms with Crippen molar-refractivity contribution in [3.05, 3.63) is 35.1 Å². The minimum Gasteiger partial charge on any atom is -0.355 e. The fourth-order valence-electron chi connectivity index (χ4n) is 2.63. The van der Waals surface area contributed by atoms with Crippen LogP contribution in [0.3, 0.4) is 0 Å². The first-order valence-corrected chi connectivity index (χ1v) is 6.58. The first-order chi connectivity index (χ1) is 9.60. The maximum atomic E-state index is 13.9. The maximum Gasteiger partial charge on any atom is 0.258 e. The summed E-state index contributed by atoms with van der Waals surface area (Å²) in [5.74, 6) is -1.19. The van der Waals surface area contributed by atoms with Gasteiger partial charge in [0.05, 0.1) is 6.54 Å². The molecule has 5 nitrogen and oxygen atoms in total. The SMILES string of the molecule is NCc1ccc(CN2C(=O)C3CCC(O3)C2=O)c(F)c1. The molecule has 0 aromatic heterocycles. The van der Waals surface area contributed by atoms with Crippen molar-refractivity contribution in [3.8, 4) is 0 Å². The Bertz CT molecular complexity index is 554. The Labute approximate surface area is 115 Å². The number of rotatable bonds is 3. The summed E-state index contributed by atoms with van der Waals surface area (Å²) < 4.78 is 19.2. The third-order valence-electron chi connectivity index (χ3n) is 3.78. The van der Waals surface area contributed by atoms with Crippen LogP contribution in [0.5, 0.6) is 0 Å². The first-order valence-electron chi connectivity index (χ1n) is 6.58. The van der Waals surface area contributed by atoms with Crippen molar-refractivity contribution < 1.29 is 18.7 Å². The van der Waals surface area contributed by atoms with Crippen LogP contribution < -0.4 is 5.73 Å². The van der Waals surface area contributed by atoms with Crippen LogP contribution in [0.15, 0.2) is 18.2 Å². The lowest BCUT2D eigenvalue weighted by atomic mass is 10.1. The van der Waals surface area contributed by atoms with Gasteiger partial charge in [-0.1, -0.05) is 12.1 Å². The number of carbonyl (C=O) groups excluding carboxylic acids is 2. The van der Waals surface area contributed by atoms with E-state index in [0.29, 0.717) is 24.0 Å². The van der Waals surface area contributed by atoms with Crippen LogP contribution in [-0.2, 0) is 27.4 Å². The van der Waals surface area contributed by atoms with Crippen molar-refractivity contribution in [3.63, 3.8) is 0 Å². The number of amides is 2. The molecular weight excluding hydrogens is 263 g/mol. The zero-order valence-electron chi connectivity index (χ0n) is 10.8. The van der Waals surface area contributed by atoms with Crippen molar-refractivity contribution in [2.75, 3.05) is 0 Å². The minimum atomic E-state index is -0.552. The molecule has 2 heterocycles. The average Bonchev–Trinajstić information content (AvgIpc) is 2.90. The van der Waals surface area contributed by atoms with E-state index in [0.717, 1.165) is 4.90 Å². The van der Waals surface area contributed by atoms with E-state index in [4.69, 9.17) is 10.5 Å². The van der Waals surface area contributed by atoms with E-state index >= 15 is 0 Å². The number of benzene rings is 1. The van der Waals surface area contributed by atoms with Crippen molar-refractivity contribution >= 4 is 11.8 Å². The molecule has 2 fully saturated rings. The van der Waals surface area contributed by atoms with E-state index < -0.39 is 18.0 Å². The summed E-state index contributed by atoms with van der Waals surface area (Å²) in [6.07, 6.45) is 0.00821. The van der Waals surface area contributed by atoms with Gasteiger partial charge in [-0.05, 0) is 24.5 Å². The zero-order valence-corrected chi connectivity index (χ0v) is 10.8. The number of ether oxygens (including phenoxy) is 1. The number of morpholine rings is 1. The molecule has 1 aromatic carbocycles. The third kappa shape index (κ3) is 2.10. The molecule has 0 radical (unpaired) electrons. The quantitative estimate of drug-likeness (QED) is 0.826. The standard InChI is InChI=1S/C14H15FN2O3/c15-10-5-8(6-16)1-2-9(10)7-17-13(18)11-3-4-12(20-11)14(17)19/h1-2,5,11-12H,3-4,6-7,16H2. The number of fused-ring (bicyclic) bond motifs is 2. The Balaban J connectivity index is 1.83. The second kappa shape index (κ2) is 4.96. The molecule has 20 heavy (non-hydrogen) atoms. The molecule has 3 rings (SSSR count). The Morgan fingerprint density at radius 3 is 2.45 bits per heavy atom. The van der Waals surface area contributed by atoms with Crippen LogP contribution in [0, 0.1) is 5.82 Å². The maximum absolute atomic E-state index is 13.9. The Kier molecular flexibility index (Phi) is 3.27. The highest BCUT2D eigenvalue weighted by Crippen LogP contribution is 2.29. The number of hydrogen-bond acceptors (Lipinski definition) is 4. The number of nitrogens with two attached hydrogens (primary N) is 1. The van der Waals surface area contributed by atoms with Gasteiger partial charge in [-0.15, -0.1) is 0 Å². The summed E-state index contributed by atoms with van der Waals surface area (Å²) in [6.45, 7) is 0.196. The molecule has 0 spiro atoms. The van der Waals surface area contributed by atoms with E-state index in [1.807, 2.05) is 0 Å². The summed E-state index contributed by atoms with van der Waals surface area (Å²) in [5, 5.41) is 0. The molecule has 2 atom stereocenters. The van der Waals surface area contributed by atoms with Gasteiger partial charge in [0.1, 0.15) is 18.0 Å². The van der Waals surface area contributed by atoms with Gasteiger partial charge in [0.15, 0.2) is 0 Å². The van der Waals surface area contributed by atoms with Gasteiger partial charge in [-0.25, -0.2) is 4.39 Å². The minimum absolute atomic E-state index is 0.0509. The van der Waals surface area contributed by atoms with E-state index in [1.165, 1.54) is 6.07 Å². The van der Waals surface area contributed by atoms with Crippen molar-refractivity contribution in [1.82, 2.24) is 4.90 Å². The third-order valence-corrected chi connectivity index (χ3v) is 3.78. The molecular formula is C14H15FN2O3. The van der Waals surface area contributed by atoms with E-state index in [2.05, 4.69) is 0 Å². The molecule has 2 bridgehead atoms. The molecule has 0 saturated carbocycles. The summed E-state index contributed by atoms with van der Waals surface area (Å²) in [4.78, 5) is 25.2. The number of nitrogens with zero attached hydrogens (tertiary/aromatic N) is 1. The van der Waals surface area contributed by atoms with Gasteiger partial charge in [-0.2, -0.15) is 0 Å². The molecule has 2 amide bonds. The second-order valence-electron chi connectivity index (χ2n) is 5.08. The Morgan fingerprint density at radius 2 is 1.90 bits per heavy atom. The zero-order chi connectivity index (χ0) is 14.3. The lowest BCUT2D eigenvalue weighted by Gasteiger charge is -2.30. The summed E-state index contributed by atoms with van der Waals surface area (Å²) in [6, 6.07) is 4.59. The van der Waals surface area contributed by atoms with Crippen molar-refractivity contribution in [2.24, 2.45) is 5.73 Å². The van der Waals surface area contributed by atoms with Crippen LogP contribution in [0.2, 0.25) is 0 Å². The normalized spacial score (nSPS) is 25.4. The number of imide groups is 1. The molecule has 1 aromatic rings. The second-order valence-corrected chi connectivity index (χ2v) is 5.08. The summed E-state index contributed by atoms with van der Waals surface area (Å²) in [5.41, 5.74) is 6.42. The van der Waals surface area contributed by atoms with Gasteiger partial charge in [-0.3, -0.25) is 14.5 Å². The smallest absolute Gasteiger partial charge is 0.258 e. The largest absolute Gasteiger partial charge is 0.355 e.